The molecule has 0 atom stereocenters. The van der Waals surface area contributed by atoms with Crippen LogP contribution in [0, 0.1) is 17.4 Å². The molecule has 1 radical (unpaired) electrons. The van der Waals surface area contributed by atoms with Crippen LogP contribution in [-0.2, 0) is 6.42 Å². The maximum Gasteiger partial charge on any atom is 0.102 e. The van der Waals surface area contributed by atoms with Crippen molar-refractivity contribution in [2.24, 2.45) is 0 Å². The van der Waals surface area contributed by atoms with Gasteiger partial charge in [0.1, 0.15) is 6.07 Å². The van der Waals surface area contributed by atoms with Gasteiger partial charge in [-0.3, -0.25) is 0 Å². The molecule has 0 fully saturated rings. The van der Waals surface area contributed by atoms with Gasteiger partial charge < -0.3 is 4.98 Å². The first kappa shape index (κ1) is 10.6. The van der Waals surface area contributed by atoms with E-state index in [2.05, 4.69) is 29.3 Å². The van der Waals surface area contributed by atoms with Gasteiger partial charge in [0, 0.05) is 23.0 Å². The van der Waals surface area contributed by atoms with Crippen LogP contribution in [-0.4, -0.2) is 4.98 Å². The number of nitriles is 1. The first-order chi connectivity index (χ1) is 8.88. The van der Waals surface area contributed by atoms with E-state index in [4.69, 9.17) is 0 Å². The van der Waals surface area contributed by atoms with Crippen molar-refractivity contribution >= 4 is 10.9 Å². The maximum atomic E-state index is 9.30. The lowest BCUT2D eigenvalue weighted by Gasteiger charge is -1.99. The fourth-order valence-corrected chi connectivity index (χ4v) is 2.19. The second kappa shape index (κ2) is 4.38. The lowest BCUT2D eigenvalue weighted by atomic mass is 10.1. The van der Waals surface area contributed by atoms with Crippen molar-refractivity contribution in [1.82, 2.24) is 4.98 Å². The van der Waals surface area contributed by atoms with Crippen molar-refractivity contribution in [2.45, 2.75) is 6.42 Å². The number of hydrogen-bond donors (Lipinski definition) is 1. The second-order valence-electron chi connectivity index (χ2n) is 4.22. The fourth-order valence-electron chi connectivity index (χ4n) is 2.19. The number of hydrogen-bond acceptors (Lipinski definition) is 1. The third kappa shape index (κ3) is 1.76. The van der Waals surface area contributed by atoms with Crippen LogP contribution in [0.15, 0.2) is 48.5 Å². The van der Waals surface area contributed by atoms with Gasteiger partial charge >= 0.3 is 0 Å². The average molecular weight is 231 g/mol. The third-order valence-corrected chi connectivity index (χ3v) is 3.06. The van der Waals surface area contributed by atoms with Gasteiger partial charge in [-0.1, -0.05) is 36.4 Å². The number of fused-ring (bicyclic) bond motifs is 1. The van der Waals surface area contributed by atoms with Crippen molar-refractivity contribution in [3.63, 3.8) is 0 Å². The van der Waals surface area contributed by atoms with E-state index in [9.17, 15) is 5.26 Å². The van der Waals surface area contributed by atoms with Crippen LogP contribution in [0.3, 0.4) is 0 Å². The Labute approximate surface area is 106 Å². The predicted molar refractivity (Wildman–Crippen MR) is 71.1 cm³/mol. The second-order valence-corrected chi connectivity index (χ2v) is 4.22. The van der Waals surface area contributed by atoms with Crippen LogP contribution in [0.5, 0.6) is 0 Å². The van der Waals surface area contributed by atoms with E-state index in [1.54, 1.807) is 0 Å². The standard InChI is InChI=1S/C16H11N2/c17-11-14-13-8-4-5-9-15(13)18-16(14)10-12-6-2-1-3-7-12/h1-3,5-9,18H,10H2. The van der Waals surface area contributed by atoms with E-state index < -0.39 is 0 Å². The number of nitrogens with one attached hydrogen (secondary N) is 1. The minimum Gasteiger partial charge on any atom is -0.357 e. The molecule has 0 amide bonds. The number of rotatable bonds is 2. The summed E-state index contributed by atoms with van der Waals surface area (Å²) in [5.41, 5.74) is 3.89. The summed E-state index contributed by atoms with van der Waals surface area (Å²) >= 11 is 0. The number of benzene rings is 2. The number of aromatic nitrogens is 1. The molecule has 0 bridgehead atoms. The molecule has 0 aliphatic heterocycles. The summed E-state index contributed by atoms with van der Waals surface area (Å²) in [6.07, 6.45) is 0.748. The minimum atomic E-state index is 0.728. The van der Waals surface area contributed by atoms with Gasteiger partial charge in [0.25, 0.3) is 0 Å². The van der Waals surface area contributed by atoms with Crippen molar-refractivity contribution in [3.05, 3.63) is 71.4 Å². The Morgan fingerprint density at radius 1 is 1.17 bits per heavy atom. The number of aromatic amines is 1. The highest BCUT2D eigenvalue weighted by Crippen LogP contribution is 2.23. The molecule has 1 N–H and O–H groups in total. The SMILES string of the molecule is N#Cc1c(Cc2ccccc2)[nH]c2cc[c]cc12. The summed E-state index contributed by atoms with van der Waals surface area (Å²) in [7, 11) is 0. The summed E-state index contributed by atoms with van der Waals surface area (Å²) in [6, 6.07) is 21.1. The molecule has 2 aromatic carbocycles. The van der Waals surface area contributed by atoms with E-state index in [0.29, 0.717) is 0 Å². The molecule has 1 heterocycles. The molecule has 0 unspecified atom stereocenters. The zero-order valence-corrected chi connectivity index (χ0v) is 9.77. The molecule has 2 heteroatoms. The van der Waals surface area contributed by atoms with Crippen molar-refractivity contribution in [1.29, 1.82) is 5.26 Å². The molecule has 0 spiro atoms. The van der Waals surface area contributed by atoms with Gasteiger partial charge in [-0.05, 0) is 23.8 Å². The van der Waals surface area contributed by atoms with Gasteiger partial charge in [-0.15, -0.1) is 0 Å². The molecule has 0 aliphatic carbocycles. The number of nitrogens with zero attached hydrogens (tertiary/aromatic N) is 1. The quantitative estimate of drug-likeness (QED) is 0.721. The highest BCUT2D eigenvalue weighted by Gasteiger charge is 2.10. The fraction of sp³-hybridized carbons (Fsp3) is 0.0625. The summed E-state index contributed by atoms with van der Waals surface area (Å²) in [5, 5.41) is 10.2. The molecule has 0 saturated heterocycles. The predicted octanol–water partition coefficient (Wildman–Crippen LogP) is 3.43. The molecule has 0 aliphatic rings. The van der Waals surface area contributed by atoms with Crippen molar-refractivity contribution < 1.29 is 0 Å². The van der Waals surface area contributed by atoms with Crippen LogP contribution in [0.2, 0.25) is 0 Å². The van der Waals surface area contributed by atoms with E-state index in [1.807, 2.05) is 36.4 Å². The van der Waals surface area contributed by atoms with Crippen LogP contribution in [0.4, 0.5) is 0 Å². The Hall–Kier alpha value is -2.53. The van der Waals surface area contributed by atoms with E-state index in [-0.39, 0.29) is 0 Å². The maximum absolute atomic E-state index is 9.30. The van der Waals surface area contributed by atoms with Crippen LogP contribution in [0.25, 0.3) is 10.9 Å². The summed E-state index contributed by atoms with van der Waals surface area (Å²) in [5.74, 6) is 0. The van der Waals surface area contributed by atoms with E-state index in [0.717, 1.165) is 28.6 Å². The van der Waals surface area contributed by atoms with Gasteiger partial charge in [0.05, 0.1) is 5.56 Å². The summed E-state index contributed by atoms with van der Waals surface area (Å²) in [6.45, 7) is 0. The molecule has 1 aromatic heterocycles. The lowest BCUT2D eigenvalue weighted by molar-refractivity contribution is 1.11. The molecule has 0 saturated carbocycles. The van der Waals surface area contributed by atoms with Crippen molar-refractivity contribution in [2.75, 3.05) is 0 Å². The highest BCUT2D eigenvalue weighted by molar-refractivity contribution is 5.87. The largest absolute Gasteiger partial charge is 0.357 e. The molecule has 3 rings (SSSR count). The van der Waals surface area contributed by atoms with Crippen LogP contribution >= 0.6 is 0 Å². The van der Waals surface area contributed by atoms with Gasteiger partial charge in [-0.2, -0.15) is 5.26 Å². The highest BCUT2D eigenvalue weighted by atomic mass is 14.7. The average Bonchev–Trinajstić information content (AvgIpc) is 2.77. The third-order valence-electron chi connectivity index (χ3n) is 3.06. The monoisotopic (exact) mass is 231 g/mol. The zero-order chi connectivity index (χ0) is 12.4. The van der Waals surface area contributed by atoms with E-state index in [1.165, 1.54) is 5.56 Å². The van der Waals surface area contributed by atoms with Crippen LogP contribution < -0.4 is 0 Å². The molecule has 2 nitrogen and oxygen atoms in total. The Morgan fingerprint density at radius 2 is 2.00 bits per heavy atom. The van der Waals surface area contributed by atoms with Gasteiger partial charge in [-0.25, -0.2) is 0 Å². The Morgan fingerprint density at radius 3 is 2.78 bits per heavy atom. The topological polar surface area (TPSA) is 39.6 Å². The Kier molecular flexibility index (Phi) is 2.59. The first-order valence-electron chi connectivity index (χ1n) is 5.83. The van der Waals surface area contributed by atoms with Gasteiger partial charge in [0.2, 0.25) is 0 Å². The normalized spacial score (nSPS) is 10.4. The first-order valence-corrected chi connectivity index (χ1v) is 5.83. The Balaban J connectivity index is 2.10. The number of H-pyrrole nitrogens is 1. The smallest absolute Gasteiger partial charge is 0.102 e. The molecular weight excluding hydrogens is 220 g/mol. The minimum absolute atomic E-state index is 0.728. The van der Waals surface area contributed by atoms with Crippen molar-refractivity contribution in [3.8, 4) is 6.07 Å². The molecule has 3 aromatic rings. The Bertz CT molecular complexity index is 718. The van der Waals surface area contributed by atoms with Gasteiger partial charge in [0.15, 0.2) is 0 Å². The van der Waals surface area contributed by atoms with E-state index >= 15 is 0 Å². The summed E-state index contributed by atoms with van der Waals surface area (Å²) < 4.78 is 0. The summed E-state index contributed by atoms with van der Waals surface area (Å²) in [4.78, 5) is 3.32. The van der Waals surface area contributed by atoms with Crippen LogP contribution in [0.1, 0.15) is 16.8 Å². The molecule has 18 heavy (non-hydrogen) atoms. The zero-order valence-electron chi connectivity index (χ0n) is 9.77. The molecular formula is C16H11N2. The molecule has 85 valence electrons. The lowest BCUT2D eigenvalue weighted by Crippen LogP contribution is -1.90.